The standard InChI is InChI=1S/C25H27N5O4/c1-15-22(9-10-23(31)27-18-7-6-8-19(13-18)32-3)16(2)30-25(26-15)28-24(29-30)17-11-20(33-4)14-21(12-17)34-5/h6-8,11-14H,9-10H2,1-5H3,(H,27,31). The molecule has 0 unspecified atom stereocenters. The molecule has 1 amide bonds. The van der Waals surface area contributed by atoms with E-state index < -0.39 is 0 Å². The Morgan fingerprint density at radius 2 is 1.65 bits per heavy atom. The summed E-state index contributed by atoms with van der Waals surface area (Å²) in [5, 5.41) is 7.58. The van der Waals surface area contributed by atoms with Crippen LogP contribution in [0.5, 0.6) is 17.2 Å². The molecule has 9 nitrogen and oxygen atoms in total. The molecule has 0 aliphatic heterocycles. The highest BCUT2D eigenvalue weighted by Gasteiger charge is 2.16. The molecule has 1 N–H and O–H groups in total. The normalized spacial score (nSPS) is 10.9. The molecule has 0 aliphatic carbocycles. The summed E-state index contributed by atoms with van der Waals surface area (Å²) in [6, 6.07) is 12.8. The first-order chi connectivity index (χ1) is 16.4. The average Bonchev–Trinajstić information content (AvgIpc) is 3.28. The molecule has 0 radical (unpaired) electrons. The monoisotopic (exact) mass is 461 g/mol. The summed E-state index contributed by atoms with van der Waals surface area (Å²) in [5.41, 5.74) is 4.14. The molecule has 34 heavy (non-hydrogen) atoms. The molecule has 0 saturated heterocycles. The van der Waals surface area contributed by atoms with Crippen LogP contribution in [0, 0.1) is 13.8 Å². The van der Waals surface area contributed by atoms with Gasteiger partial charge in [0.15, 0.2) is 5.82 Å². The zero-order valence-electron chi connectivity index (χ0n) is 19.9. The van der Waals surface area contributed by atoms with Crippen LogP contribution in [-0.4, -0.2) is 46.8 Å². The zero-order chi connectivity index (χ0) is 24.2. The molecule has 2 heterocycles. The van der Waals surface area contributed by atoms with E-state index >= 15 is 0 Å². The maximum Gasteiger partial charge on any atom is 0.253 e. The Labute approximate surface area is 197 Å². The first kappa shape index (κ1) is 23.0. The highest BCUT2D eigenvalue weighted by molar-refractivity contribution is 5.91. The van der Waals surface area contributed by atoms with Crippen molar-refractivity contribution in [3.8, 4) is 28.6 Å². The molecule has 0 fully saturated rings. The number of aryl methyl sites for hydroxylation is 2. The number of amides is 1. The smallest absolute Gasteiger partial charge is 0.253 e. The number of hydrogen-bond donors (Lipinski definition) is 1. The predicted molar refractivity (Wildman–Crippen MR) is 129 cm³/mol. The summed E-state index contributed by atoms with van der Waals surface area (Å²) in [5.74, 6) is 2.91. The summed E-state index contributed by atoms with van der Waals surface area (Å²) in [4.78, 5) is 21.8. The molecule has 176 valence electrons. The van der Waals surface area contributed by atoms with Crippen molar-refractivity contribution in [2.24, 2.45) is 0 Å². The van der Waals surface area contributed by atoms with E-state index in [2.05, 4.69) is 20.4 Å². The molecule has 0 spiro atoms. The summed E-state index contributed by atoms with van der Waals surface area (Å²) in [6.07, 6.45) is 0.833. The Morgan fingerprint density at radius 3 is 2.32 bits per heavy atom. The van der Waals surface area contributed by atoms with Crippen LogP contribution in [0.4, 0.5) is 5.69 Å². The summed E-state index contributed by atoms with van der Waals surface area (Å²) in [6.45, 7) is 3.88. The van der Waals surface area contributed by atoms with Gasteiger partial charge in [0.25, 0.3) is 5.78 Å². The number of nitrogens with zero attached hydrogens (tertiary/aromatic N) is 4. The average molecular weight is 462 g/mol. The largest absolute Gasteiger partial charge is 0.497 e. The van der Waals surface area contributed by atoms with Crippen LogP contribution in [0.25, 0.3) is 17.2 Å². The van der Waals surface area contributed by atoms with Crippen LogP contribution < -0.4 is 19.5 Å². The lowest BCUT2D eigenvalue weighted by Crippen LogP contribution is -2.14. The minimum Gasteiger partial charge on any atom is -0.497 e. The summed E-state index contributed by atoms with van der Waals surface area (Å²) in [7, 11) is 4.79. The molecule has 4 aromatic rings. The molecule has 0 aliphatic rings. The lowest BCUT2D eigenvalue weighted by Gasteiger charge is -2.11. The van der Waals surface area contributed by atoms with Crippen molar-refractivity contribution in [2.75, 3.05) is 26.6 Å². The van der Waals surface area contributed by atoms with Crippen molar-refractivity contribution >= 4 is 17.4 Å². The minimum atomic E-state index is -0.0881. The first-order valence-electron chi connectivity index (χ1n) is 10.8. The Balaban J connectivity index is 1.57. The van der Waals surface area contributed by atoms with E-state index in [0.717, 1.165) is 22.5 Å². The predicted octanol–water partition coefficient (Wildman–Crippen LogP) is 4.01. The Morgan fingerprint density at radius 1 is 0.941 bits per heavy atom. The fourth-order valence-corrected chi connectivity index (χ4v) is 3.79. The third-order valence-corrected chi connectivity index (χ3v) is 5.61. The summed E-state index contributed by atoms with van der Waals surface area (Å²) < 4.78 is 17.6. The molecule has 0 saturated carbocycles. The SMILES string of the molecule is COc1cccc(NC(=O)CCc2c(C)nc3nc(-c4cc(OC)cc(OC)c4)nn3c2C)c1. The molecular weight excluding hydrogens is 434 g/mol. The van der Waals surface area contributed by atoms with Gasteiger partial charge in [0, 0.05) is 41.2 Å². The lowest BCUT2D eigenvalue weighted by atomic mass is 10.1. The lowest BCUT2D eigenvalue weighted by molar-refractivity contribution is -0.116. The van der Waals surface area contributed by atoms with Crippen LogP contribution >= 0.6 is 0 Å². The number of carbonyl (C=O) groups is 1. The van der Waals surface area contributed by atoms with Gasteiger partial charge in [0.1, 0.15) is 17.2 Å². The Kier molecular flexibility index (Phi) is 6.62. The molecule has 0 bridgehead atoms. The molecule has 2 aromatic carbocycles. The fraction of sp³-hybridized carbons (Fsp3) is 0.280. The number of rotatable bonds is 8. The van der Waals surface area contributed by atoms with Gasteiger partial charge in [-0.25, -0.2) is 9.50 Å². The Hall–Kier alpha value is -4.14. The number of aromatic nitrogens is 4. The minimum absolute atomic E-state index is 0.0881. The van der Waals surface area contributed by atoms with Crippen LogP contribution in [0.3, 0.4) is 0 Å². The van der Waals surface area contributed by atoms with E-state index in [9.17, 15) is 4.79 Å². The molecule has 2 aromatic heterocycles. The number of ether oxygens (including phenoxy) is 3. The van der Waals surface area contributed by atoms with E-state index in [1.807, 2.05) is 44.2 Å². The topological polar surface area (TPSA) is 99.9 Å². The number of methoxy groups -OCH3 is 3. The van der Waals surface area contributed by atoms with Crippen LogP contribution in [0.15, 0.2) is 42.5 Å². The molecule has 4 rings (SSSR count). The van der Waals surface area contributed by atoms with Gasteiger partial charge in [-0.2, -0.15) is 4.98 Å². The van der Waals surface area contributed by atoms with Crippen LogP contribution in [-0.2, 0) is 11.2 Å². The fourth-order valence-electron chi connectivity index (χ4n) is 3.79. The second-order valence-corrected chi connectivity index (χ2v) is 7.79. The van der Waals surface area contributed by atoms with Gasteiger partial charge in [0.2, 0.25) is 5.91 Å². The van der Waals surface area contributed by atoms with Gasteiger partial charge >= 0.3 is 0 Å². The number of nitrogens with one attached hydrogen (secondary N) is 1. The van der Waals surface area contributed by atoms with Gasteiger partial charge in [0.05, 0.1) is 21.3 Å². The third kappa shape index (κ3) is 4.78. The molecular formula is C25H27N5O4. The highest BCUT2D eigenvalue weighted by atomic mass is 16.5. The number of hydrogen-bond acceptors (Lipinski definition) is 7. The van der Waals surface area contributed by atoms with Crippen molar-refractivity contribution in [2.45, 2.75) is 26.7 Å². The second-order valence-electron chi connectivity index (χ2n) is 7.79. The van der Waals surface area contributed by atoms with Crippen LogP contribution in [0.2, 0.25) is 0 Å². The number of anilines is 1. The molecule has 0 atom stereocenters. The van der Waals surface area contributed by atoms with E-state index in [-0.39, 0.29) is 5.91 Å². The second kappa shape index (κ2) is 9.78. The van der Waals surface area contributed by atoms with E-state index in [1.54, 1.807) is 38.0 Å². The number of fused-ring (bicyclic) bond motifs is 1. The number of benzene rings is 2. The highest BCUT2D eigenvalue weighted by Crippen LogP contribution is 2.29. The van der Waals surface area contributed by atoms with Gasteiger partial charge in [-0.15, -0.1) is 5.10 Å². The molecule has 9 heteroatoms. The quantitative estimate of drug-likeness (QED) is 0.423. The number of carbonyl (C=O) groups excluding carboxylic acids is 1. The van der Waals surface area contributed by atoms with E-state index in [0.29, 0.717) is 47.4 Å². The van der Waals surface area contributed by atoms with E-state index in [1.165, 1.54) is 0 Å². The van der Waals surface area contributed by atoms with E-state index in [4.69, 9.17) is 14.2 Å². The van der Waals surface area contributed by atoms with Crippen molar-refractivity contribution in [3.63, 3.8) is 0 Å². The van der Waals surface area contributed by atoms with Crippen molar-refractivity contribution < 1.29 is 19.0 Å². The van der Waals surface area contributed by atoms with Gasteiger partial charge in [-0.3, -0.25) is 4.79 Å². The van der Waals surface area contributed by atoms with Crippen LogP contribution in [0.1, 0.15) is 23.4 Å². The first-order valence-corrected chi connectivity index (χ1v) is 10.8. The maximum atomic E-state index is 12.6. The van der Waals surface area contributed by atoms with Gasteiger partial charge in [-0.05, 0) is 50.1 Å². The van der Waals surface area contributed by atoms with Crippen molar-refractivity contribution in [3.05, 3.63) is 59.4 Å². The van der Waals surface area contributed by atoms with Gasteiger partial charge in [-0.1, -0.05) is 6.07 Å². The third-order valence-electron chi connectivity index (χ3n) is 5.61. The summed E-state index contributed by atoms with van der Waals surface area (Å²) >= 11 is 0. The van der Waals surface area contributed by atoms with Crippen molar-refractivity contribution in [1.82, 2.24) is 19.6 Å². The maximum absolute atomic E-state index is 12.6. The Bertz CT molecular complexity index is 1330. The van der Waals surface area contributed by atoms with Gasteiger partial charge < -0.3 is 19.5 Å². The zero-order valence-corrected chi connectivity index (χ0v) is 19.9. The van der Waals surface area contributed by atoms with Crippen molar-refractivity contribution in [1.29, 1.82) is 0 Å².